The van der Waals surface area contributed by atoms with E-state index in [0.29, 0.717) is 5.92 Å². The van der Waals surface area contributed by atoms with Crippen molar-refractivity contribution in [2.45, 2.75) is 51.9 Å². The highest BCUT2D eigenvalue weighted by atomic mass is 79.9. The molecule has 1 rings (SSSR count). The van der Waals surface area contributed by atoms with Crippen LogP contribution in [0.3, 0.4) is 0 Å². The van der Waals surface area contributed by atoms with Crippen molar-refractivity contribution in [2.75, 3.05) is 5.33 Å². The smallest absolute Gasteiger partial charge is 0.0100 e. The zero-order chi connectivity index (χ0) is 11.8. The van der Waals surface area contributed by atoms with E-state index in [1.165, 1.54) is 43.2 Å². The van der Waals surface area contributed by atoms with Crippen LogP contribution in [0.1, 0.15) is 56.1 Å². The molecule has 0 aliphatic rings. The van der Waals surface area contributed by atoms with Gasteiger partial charge in [0.1, 0.15) is 0 Å². The zero-order valence-corrected chi connectivity index (χ0v) is 12.1. The summed E-state index contributed by atoms with van der Waals surface area (Å²) in [6.07, 6.45) is 6.75. The minimum Gasteiger partial charge on any atom is -0.0921 e. The van der Waals surface area contributed by atoms with E-state index in [4.69, 9.17) is 0 Å². The van der Waals surface area contributed by atoms with Gasteiger partial charge in [0.25, 0.3) is 0 Å². The number of halogens is 1. The number of alkyl halides is 1. The third kappa shape index (κ3) is 4.69. The summed E-state index contributed by atoms with van der Waals surface area (Å²) in [6.45, 7) is 4.44. The molecule has 0 spiro atoms. The number of hydrogen-bond donors (Lipinski definition) is 0. The molecule has 16 heavy (non-hydrogen) atoms. The normalized spacial score (nSPS) is 12.7. The summed E-state index contributed by atoms with van der Waals surface area (Å²) >= 11 is 3.65. The van der Waals surface area contributed by atoms with Gasteiger partial charge >= 0.3 is 0 Å². The SMILES string of the molecule is CCCCCCC(CBr)c1cccc(C)c1. The summed E-state index contributed by atoms with van der Waals surface area (Å²) in [5.41, 5.74) is 2.87. The average Bonchev–Trinajstić information content (AvgIpc) is 2.29. The van der Waals surface area contributed by atoms with E-state index in [1.807, 2.05) is 0 Å². The molecule has 1 aromatic carbocycles. The van der Waals surface area contributed by atoms with Crippen LogP contribution < -0.4 is 0 Å². The maximum Gasteiger partial charge on any atom is 0.0100 e. The molecule has 0 aliphatic carbocycles. The Balaban J connectivity index is 2.47. The molecular formula is C15H23Br. The van der Waals surface area contributed by atoms with Crippen LogP contribution >= 0.6 is 15.9 Å². The number of rotatable bonds is 7. The largest absolute Gasteiger partial charge is 0.0921 e. The summed E-state index contributed by atoms with van der Waals surface area (Å²) in [5, 5.41) is 1.09. The van der Waals surface area contributed by atoms with Crippen molar-refractivity contribution in [3.8, 4) is 0 Å². The van der Waals surface area contributed by atoms with Crippen molar-refractivity contribution < 1.29 is 0 Å². The van der Waals surface area contributed by atoms with Crippen molar-refractivity contribution in [2.24, 2.45) is 0 Å². The minimum absolute atomic E-state index is 0.691. The molecule has 0 aromatic heterocycles. The first kappa shape index (κ1) is 13.8. The number of unbranched alkanes of at least 4 members (excludes halogenated alkanes) is 3. The molecule has 1 aromatic rings. The Kier molecular flexibility index (Phi) is 6.79. The molecular weight excluding hydrogens is 260 g/mol. The Bertz CT molecular complexity index is 293. The highest BCUT2D eigenvalue weighted by molar-refractivity contribution is 9.09. The minimum atomic E-state index is 0.691. The molecule has 1 atom stereocenters. The van der Waals surface area contributed by atoms with E-state index in [0.717, 1.165) is 5.33 Å². The fraction of sp³-hybridized carbons (Fsp3) is 0.600. The molecule has 0 saturated heterocycles. The number of hydrogen-bond acceptors (Lipinski definition) is 0. The van der Waals surface area contributed by atoms with Crippen LogP contribution in [0, 0.1) is 6.92 Å². The highest BCUT2D eigenvalue weighted by Crippen LogP contribution is 2.25. The summed E-state index contributed by atoms with van der Waals surface area (Å²) in [7, 11) is 0. The van der Waals surface area contributed by atoms with Gasteiger partial charge in [-0.3, -0.25) is 0 Å². The van der Waals surface area contributed by atoms with Crippen LogP contribution in [-0.2, 0) is 0 Å². The molecule has 1 unspecified atom stereocenters. The topological polar surface area (TPSA) is 0 Å². The van der Waals surface area contributed by atoms with Gasteiger partial charge in [-0.1, -0.05) is 78.4 Å². The Morgan fingerprint density at radius 1 is 1.19 bits per heavy atom. The van der Waals surface area contributed by atoms with Crippen molar-refractivity contribution >= 4 is 15.9 Å². The van der Waals surface area contributed by atoms with Gasteiger partial charge in [0.2, 0.25) is 0 Å². The van der Waals surface area contributed by atoms with Gasteiger partial charge in [-0.2, -0.15) is 0 Å². The first-order valence-corrected chi connectivity index (χ1v) is 7.52. The Morgan fingerprint density at radius 3 is 2.62 bits per heavy atom. The van der Waals surface area contributed by atoms with Gasteiger partial charge in [0, 0.05) is 5.33 Å². The van der Waals surface area contributed by atoms with E-state index in [-0.39, 0.29) is 0 Å². The quantitative estimate of drug-likeness (QED) is 0.461. The van der Waals surface area contributed by atoms with Crippen LogP contribution in [0.4, 0.5) is 0 Å². The third-order valence-electron chi connectivity index (χ3n) is 3.11. The molecule has 0 nitrogen and oxygen atoms in total. The third-order valence-corrected chi connectivity index (χ3v) is 3.89. The molecule has 0 bridgehead atoms. The second kappa shape index (κ2) is 7.89. The van der Waals surface area contributed by atoms with E-state index in [9.17, 15) is 0 Å². The van der Waals surface area contributed by atoms with Gasteiger partial charge in [-0.25, -0.2) is 0 Å². The number of benzene rings is 1. The van der Waals surface area contributed by atoms with Crippen molar-refractivity contribution in [3.63, 3.8) is 0 Å². The van der Waals surface area contributed by atoms with Gasteiger partial charge in [-0.05, 0) is 24.8 Å². The van der Waals surface area contributed by atoms with Crippen LogP contribution in [0.2, 0.25) is 0 Å². The van der Waals surface area contributed by atoms with E-state index in [2.05, 4.69) is 54.0 Å². The van der Waals surface area contributed by atoms with Gasteiger partial charge in [-0.15, -0.1) is 0 Å². The summed E-state index contributed by atoms with van der Waals surface area (Å²) in [6, 6.07) is 8.93. The van der Waals surface area contributed by atoms with E-state index < -0.39 is 0 Å². The van der Waals surface area contributed by atoms with Crippen LogP contribution in [-0.4, -0.2) is 5.33 Å². The van der Waals surface area contributed by atoms with Crippen molar-refractivity contribution in [3.05, 3.63) is 35.4 Å². The van der Waals surface area contributed by atoms with Gasteiger partial charge in [0.15, 0.2) is 0 Å². The molecule has 0 fully saturated rings. The summed E-state index contributed by atoms with van der Waals surface area (Å²) in [4.78, 5) is 0. The lowest BCUT2D eigenvalue weighted by molar-refractivity contribution is 0.585. The van der Waals surface area contributed by atoms with Crippen LogP contribution in [0.5, 0.6) is 0 Å². The average molecular weight is 283 g/mol. The van der Waals surface area contributed by atoms with Crippen LogP contribution in [0.15, 0.2) is 24.3 Å². The highest BCUT2D eigenvalue weighted by Gasteiger charge is 2.09. The lowest BCUT2D eigenvalue weighted by Gasteiger charge is -2.14. The Labute approximate surface area is 109 Å². The Morgan fingerprint density at radius 2 is 2.00 bits per heavy atom. The fourth-order valence-electron chi connectivity index (χ4n) is 2.07. The van der Waals surface area contributed by atoms with E-state index >= 15 is 0 Å². The lowest BCUT2D eigenvalue weighted by Crippen LogP contribution is -2.00. The maximum absolute atomic E-state index is 3.65. The van der Waals surface area contributed by atoms with Gasteiger partial charge < -0.3 is 0 Å². The van der Waals surface area contributed by atoms with Crippen molar-refractivity contribution in [1.82, 2.24) is 0 Å². The molecule has 0 N–H and O–H groups in total. The van der Waals surface area contributed by atoms with Crippen LogP contribution in [0.25, 0.3) is 0 Å². The molecule has 0 amide bonds. The number of aryl methyl sites for hydroxylation is 1. The maximum atomic E-state index is 3.65. The van der Waals surface area contributed by atoms with Gasteiger partial charge in [0.05, 0.1) is 0 Å². The predicted octanol–water partition coefficient (Wildman–Crippen LogP) is 5.44. The van der Waals surface area contributed by atoms with E-state index in [1.54, 1.807) is 0 Å². The summed E-state index contributed by atoms with van der Waals surface area (Å²) in [5.74, 6) is 0.691. The molecule has 0 aliphatic heterocycles. The Hall–Kier alpha value is -0.300. The summed E-state index contributed by atoms with van der Waals surface area (Å²) < 4.78 is 0. The monoisotopic (exact) mass is 282 g/mol. The van der Waals surface area contributed by atoms with Crippen molar-refractivity contribution in [1.29, 1.82) is 0 Å². The fourth-order valence-corrected chi connectivity index (χ4v) is 2.77. The predicted molar refractivity (Wildman–Crippen MR) is 76.5 cm³/mol. The second-order valence-electron chi connectivity index (χ2n) is 4.61. The lowest BCUT2D eigenvalue weighted by atomic mass is 9.94. The second-order valence-corrected chi connectivity index (χ2v) is 5.26. The molecule has 1 heteroatoms. The first-order chi connectivity index (χ1) is 7.77. The molecule has 0 saturated carbocycles. The first-order valence-electron chi connectivity index (χ1n) is 6.40. The standard InChI is InChI=1S/C15H23Br/c1-3-4-5-6-9-15(12-16)14-10-7-8-13(2)11-14/h7-8,10-11,15H,3-6,9,12H2,1-2H3. The molecule has 90 valence electrons. The molecule has 0 heterocycles. The molecule has 0 radical (unpaired) electrons. The zero-order valence-electron chi connectivity index (χ0n) is 10.5.